The predicted molar refractivity (Wildman–Crippen MR) is 139 cm³/mol. The van der Waals surface area contributed by atoms with Gasteiger partial charge in [0, 0.05) is 5.56 Å². The molecule has 0 fully saturated rings. The number of carbonyl (C=O) groups excluding carboxylic acids is 1. The van der Waals surface area contributed by atoms with Gasteiger partial charge in [0.05, 0.1) is 6.61 Å². The number of carboxylic acid groups (broad SMARTS) is 1. The van der Waals surface area contributed by atoms with Crippen LogP contribution in [-0.4, -0.2) is 41.6 Å². The SMILES string of the molecule is CSCC[C@H](NC(=O)c1ccc(OCCCc2ccccc2)cc1-c1ccccc1C)C(=O)O. The summed E-state index contributed by atoms with van der Waals surface area (Å²) >= 11 is 1.55. The van der Waals surface area contributed by atoms with E-state index >= 15 is 0 Å². The quantitative estimate of drug-likeness (QED) is 0.332. The van der Waals surface area contributed by atoms with Crippen LogP contribution in [0.2, 0.25) is 0 Å². The minimum Gasteiger partial charge on any atom is -0.494 e. The number of aliphatic carboxylic acids is 1. The van der Waals surface area contributed by atoms with Crippen LogP contribution in [0.1, 0.15) is 34.3 Å². The third-order valence-electron chi connectivity index (χ3n) is 5.61. The molecule has 0 bridgehead atoms. The summed E-state index contributed by atoms with van der Waals surface area (Å²) in [5.41, 5.74) is 4.37. The predicted octanol–water partition coefficient (Wildman–Crippen LogP) is 5.61. The molecule has 1 atom stereocenters. The van der Waals surface area contributed by atoms with Gasteiger partial charge in [0.15, 0.2) is 0 Å². The molecular formula is C28H31NO4S. The van der Waals surface area contributed by atoms with Crippen molar-refractivity contribution in [2.45, 2.75) is 32.2 Å². The van der Waals surface area contributed by atoms with Gasteiger partial charge in [-0.3, -0.25) is 4.79 Å². The van der Waals surface area contributed by atoms with E-state index in [4.69, 9.17) is 4.74 Å². The van der Waals surface area contributed by atoms with Crippen molar-refractivity contribution in [3.05, 3.63) is 89.5 Å². The highest BCUT2D eigenvalue weighted by Crippen LogP contribution is 2.31. The Hall–Kier alpha value is -3.25. The van der Waals surface area contributed by atoms with E-state index in [1.165, 1.54) is 5.56 Å². The minimum absolute atomic E-state index is 0.366. The van der Waals surface area contributed by atoms with Crippen LogP contribution in [0.4, 0.5) is 0 Å². The first-order chi connectivity index (χ1) is 16.5. The Kier molecular flexibility index (Phi) is 9.59. The van der Waals surface area contributed by atoms with Crippen molar-refractivity contribution in [1.29, 1.82) is 0 Å². The van der Waals surface area contributed by atoms with E-state index in [9.17, 15) is 14.7 Å². The number of thioether (sulfide) groups is 1. The lowest BCUT2D eigenvalue weighted by Crippen LogP contribution is -2.41. The molecule has 1 amide bonds. The Balaban J connectivity index is 1.79. The topological polar surface area (TPSA) is 75.6 Å². The standard InChI is InChI=1S/C28H31NO4S/c1-20-9-6-7-13-23(20)25-19-22(33-17-8-12-21-10-4-3-5-11-21)14-15-24(25)27(30)29-26(28(31)32)16-18-34-2/h3-7,9-11,13-15,19,26H,8,12,16-18H2,1-2H3,(H,29,30)(H,31,32)/t26-/m0/s1. The average Bonchev–Trinajstić information content (AvgIpc) is 2.85. The normalized spacial score (nSPS) is 11.6. The van der Waals surface area contributed by atoms with Crippen LogP contribution >= 0.6 is 11.8 Å². The highest BCUT2D eigenvalue weighted by atomic mass is 32.2. The van der Waals surface area contributed by atoms with E-state index in [0.717, 1.165) is 29.5 Å². The van der Waals surface area contributed by atoms with Gasteiger partial charge in [0.1, 0.15) is 11.8 Å². The molecule has 0 saturated carbocycles. The summed E-state index contributed by atoms with van der Waals surface area (Å²) in [5, 5.41) is 12.2. The number of nitrogens with one attached hydrogen (secondary N) is 1. The highest BCUT2D eigenvalue weighted by molar-refractivity contribution is 7.98. The van der Waals surface area contributed by atoms with Gasteiger partial charge in [-0.25, -0.2) is 4.79 Å². The molecule has 0 radical (unpaired) electrons. The Bertz CT molecular complexity index is 1100. The van der Waals surface area contributed by atoms with Gasteiger partial charge in [-0.15, -0.1) is 0 Å². The number of carbonyl (C=O) groups is 2. The first kappa shape index (κ1) is 25.4. The van der Waals surface area contributed by atoms with Crippen LogP contribution in [-0.2, 0) is 11.2 Å². The van der Waals surface area contributed by atoms with E-state index in [1.54, 1.807) is 23.9 Å². The molecule has 0 aliphatic rings. The smallest absolute Gasteiger partial charge is 0.326 e. The van der Waals surface area contributed by atoms with E-state index < -0.39 is 17.9 Å². The Morgan fingerprint density at radius 1 is 1.00 bits per heavy atom. The fourth-order valence-electron chi connectivity index (χ4n) is 3.75. The Labute approximate surface area is 205 Å². The molecule has 3 aromatic carbocycles. The van der Waals surface area contributed by atoms with Crippen LogP contribution in [0.25, 0.3) is 11.1 Å². The van der Waals surface area contributed by atoms with Gasteiger partial charge < -0.3 is 15.2 Å². The largest absolute Gasteiger partial charge is 0.494 e. The molecular weight excluding hydrogens is 446 g/mol. The van der Waals surface area contributed by atoms with Crippen LogP contribution < -0.4 is 10.1 Å². The summed E-state index contributed by atoms with van der Waals surface area (Å²) < 4.78 is 6.01. The van der Waals surface area contributed by atoms with Crippen LogP contribution in [0.5, 0.6) is 5.75 Å². The van der Waals surface area contributed by atoms with E-state index in [2.05, 4.69) is 17.4 Å². The van der Waals surface area contributed by atoms with Gasteiger partial charge in [-0.05, 0) is 78.6 Å². The van der Waals surface area contributed by atoms with Crippen molar-refractivity contribution < 1.29 is 19.4 Å². The van der Waals surface area contributed by atoms with Crippen molar-refractivity contribution in [1.82, 2.24) is 5.32 Å². The first-order valence-electron chi connectivity index (χ1n) is 11.4. The molecule has 0 spiro atoms. The van der Waals surface area contributed by atoms with Gasteiger partial charge in [-0.2, -0.15) is 11.8 Å². The number of benzene rings is 3. The van der Waals surface area contributed by atoms with Gasteiger partial charge in [0.2, 0.25) is 0 Å². The van der Waals surface area contributed by atoms with E-state index in [1.807, 2.05) is 61.7 Å². The molecule has 0 saturated heterocycles. The molecule has 0 heterocycles. The number of ether oxygens (including phenoxy) is 1. The molecule has 0 unspecified atom stereocenters. The van der Waals surface area contributed by atoms with Crippen molar-refractivity contribution in [2.24, 2.45) is 0 Å². The number of aryl methyl sites for hydroxylation is 2. The maximum atomic E-state index is 13.1. The minimum atomic E-state index is -1.03. The molecule has 178 valence electrons. The number of rotatable bonds is 12. The zero-order chi connectivity index (χ0) is 24.3. The monoisotopic (exact) mass is 477 g/mol. The van der Waals surface area contributed by atoms with Crippen LogP contribution in [0.3, 0.4) is 0 Å². The van der Waals surface area contributed by atoms with Crippen molar-refractivity contribution in [3.63, 3.8) is 0 Å². The fourth-order valence-corrected chi connectivity index (χ4v) is 4.22. The molecule has 3 aromatic rings. The molecule has 5 nitrogen and oxygen atoms in total. The molecule has 0 aliphatic heterocycles. The second kappa shape index (κ2) is 12.8. The molecule has 34 heavy (non-hydrogen) atoms. The Morgan fingerprint density at radius 2 is 1.74 bits per heavy atom. The Morgan fingerprint density at radius 3 is 2.44 bits per heavy atom. The van der Waals surface area contributed by atoms with E-state index in [-0.39, 0.29) is 0 Å². The molecule has 0 aromatic heterocycles. The number of amides is 1. The summed E-state index contributed by atoms with van der Waals surface area (Å²) in [4.78, 5) is 24.8. The van der Waals surface area contributed by atoms with Gasteiger partial charge in [-0.1, -0.05) is 54.6 Å². The first-order valence-corrected chi connectivity index (χ1v) is 12.8. The van der Waals surface area contributed by atoms with Crippen LogP contribution in [0, 0.1) is 6.92 Å². The molecule has 2 N–H and O–H groups in total. The lowest BCUT2D eigenvalue weighted by Gasteiger charge is -2.18. The highest BCUT2D eigenvalue weighted by Gasteiger charge is 2.23. The summed E-state index contributed by atoms with van der Waals surface area (Å²) in [5.74, 6) is -0.0990. The van der Waals surface area contributed by atoms with E-state index in [0.29, 0.717) is 30.1 Å². The average molecular weight is 478 g/mol. The lowest BCUT2D eigenvalue weighted by molar-refractivity contribution is -0.139. The zero-order valence-corrected chi connectivity index (χ0v) is 20.4. The second-order valence-electron chi connectivity index (χ2n) is 8.11. The fraction of sp³-hybridized carbons (Fsp3) is 0.286. The van der Waals surface area contributed by atoms with Crippen molar-refractivity contribution in [3.8, 4) is 16.9 Å². The number of hydrogen-bond donors (Lipinski definition) is 2. The maximum absolute atomic E-state index is 13.1. The van der Waals surface area contributed by atoms with Gasteiger partial charge >= 0.3 is 5.97 Å². The summed E-state index contributed by atoms with van der Waals surface area (Å²) in [6.07, 6.45) is 4.08. The van der Waals surface area contributed by atoms with Gasteiger partial charge in [0.25, 0.3) is 5.91 Å². The summed E-state index contributed by atoms with van der Waals surface area (Å²) in [7, 11) is 0. The molecule has 0 aliphatic carbocycles. The van der Waals surface area contributed by atoms with Crippen LogP contribution in [0.15, 0.2) is 72.8 Å². The third-order valence-corrected chi connectivity index (χ3v) is 6.25. The second-order valence-corrected chi connectivity index (χ2v) is 9.09. The lowest BCUT2D eigenvalue weighted by atomic mass is 9.95. The summed E-state index contributed by atoms with van der Waals surface area (Å²) in [6.45, 7) is 2.55. The zero-order valence-electron chi connectivity index (χ0n) is 19.6. The van der Waals surface area contributed by atoms with Crippen molar-refractivity contribution >= 4 is 23.6 Å². The number of hydrogen-bond acceptors (Lipinski definition) is 4. The number of carboxylic acids is 1. The third kappa shape index (κ3) is 7.12. The summed E-state index contributed by atoms with van der Waals surface area (Å²) in [6, 6.07) is 22.5. The molecule has 3 rings (SSSR count). The maximum Gasteiger partial charge on any atom is 0.326 e. The van der Waals surface area contributed by atoms with Crippen molar-refractivity contribution in [2.75, 3.05) is 18.6 Å². The molecule has 6 heteroatoms.